The van der Waals surface area contributed by atoms with Gasteiger partial charge in [-0.25, -0.2) is 18.8 Å². The number of aromatic nitrogens is 1. The van der Waals surface area contributed by atoms with Gasteiger partial charge in [-0.3, -0.25) is 4.79 Å². The highest BCUT2D eigenvalue weighted by molar-refractivity contribution is 6.15. The van der Waals surface area contributed by atoms with Crippen molar-refractivity contribution >= 4 is 17.3 Å². The SMILES string of the molecule is O=C1CC(CCc2cccc(F)c2F)=Nc2ncccc21. The summed E-state index contributed by atoms with van der Waals surface area (Å²) >= 11 is 0. The zero-order valence-corrected chi connectivity index (χ0v) is 11.1. The van der Waals surface area contributed by atoms with Crippen LogP contribution >= 0.6 is 0 Å². The number of nitrogens with zero attached hydrogens (tertiary/aromatic N) is 2. The molecule has 0 aliphatic carbocycles. The quantitative estimate of drug-likeness (QED) is 0.864. The minimum atomic E-state index is -0.860. The van der Waals surface area contributed by atoms with Crippen LogP contribution in [0.1, 0.15) is 28.8 Å². The Morgan fingerprint density at radius 2 is 1.95 bits per heavy atom. The number of rotatable bonds is 3. The van der Waals surface area contributed by atoms with Crippen molar-refractivity contribution in [3.63, 3.8) is 0 Å². The predicted molar refractivity (Wildman–Crippen MR) is 75.0 cm³/mol. The maximum Gasteiger partial charge on any atom is 0.172 e. The van der Waals surface area contributed by atoms with E-state index in [1.807, 2.05) is 0 Å². The molecule has 1 aliphatic heterocycles. The van der Waals surface area contributed by atoms with Gasteiger partial charge in [0, 0.05) is 18.3 Å². The second-order valence-electron chi connectivity index (χ2n) is 4.87. The Labute approximate surface area is 120 Å². The Bertz CT molecular complexity index is 741. The first kappa shape index (κ1) is 13.5. The summed E-state index contributed by atoms with van der Waals surface area (Å²) in [6, 6.07) is 7.48. The maximum absolute atomic E-state index is 13.6. The van der Waals surface area contributed by atoms with Gasteiger partial charge in [-0.15, -0.1) is 0 Å². The van der Waals surface area contributed by atoms with Gasteiger partial charge in [0.25, 0.3) is 0 Å². The molecule has 0 amide bonds. The highest BCUT2D eigenvalue weighted by atomic mass is 19.2. The van der Waals surface area contributed by atoms with Gasteiger partial charge in [0.05, 0.1) is 5.56 Å². The Balaban J connectivity index is 1.79. The van der Waals surface area contributed by atoms with E-state index in [1.54, 1.807) is 18.3 Å². The Kier molecular flexibility index (Phi) is 3.56. The van der Waals surface area contributed by atoms with Crippen LogP contribution in [-0.2, 0) is 6.42 Å². The largest absolute Gasteiger partial charge is 0.294 e. The van der Waals surface area contributed by atoms with E-state index in [4.69, 9.17) is 0 Å². The zero-order chi connectivity index (χ0) is 14.8. The monoisotopic (exact) mass is 286 g/mol. The van der Waals surface area contributed by atoms with E-state index < -0.39 is 11.6 Å². The second-order valence-corrected chi connectivity index (χ2v) is 4.87. The molecule has 0 N–H and O–H groups in total. The van der Waals surface area contributed by atoms with E-state index in [-0.39, 0.29) is 17.8 Å². The van der Waals surface area contributed by atoms with E-state index in [0.29, 0.717) is 29.9 Å². The topological polar surface area (TPSA) is 42.3 Å². The summed E-state index contributed by atoms with van der Waals surface area (Å²) in [5, 5.41) is 0. The molecule has 0 atom stereocenters. The van der Waals surface area contributed by atoms with Crippen LogP contribution in [0.5, 0.6) is 0 Å². The molecule has 106 valence electrons. The molecule has 21 heavy (non-hydrogen) atoms. The van der Waals surface area contributed by atoms with E-state index >= 15 is 0 Å². The zero-order valence-electron chi connectivity index (χ0n) is 11.1. The summed E-state index contributed by atoms with van der Waals surface area (Å²) in [5.74, 6) is -1.33. The summed E-state index contributed by atoms with van der Waals surface area (Å²) in [4.78, 5) is 20.4. The number of benzene rings is 1. The van der Waals surface area contributed by atoms with Crippen molar-refractivity contribution in [3.8, 4) is 0 Å². The van der Waals surface area contributed by atoms with E-state index in [0.717, 1.165) is 6.07 Å². The average molecular weight is 286 g/mol. The summed E-state index contributed by atoms with van der Waals surface area (Å²) in [7, 11) is 0. The van der Waals surface area contributed by atoms with Crippen molar-refractivity contribution in [2.45, 2.75) is 19.3 Å². The summed E-state index contributed by atoms with van der Waals surface area (Å²) in [5.41, 5.74) is 1.45. The lowest BCUT2D eigenvalue weighted by molar-refractivity contribution is 0.0999. The molecule has 2 aromatic rings. The molecule has 3 nitrogen and oxygen atoms in total. The summed E-state index contributed by atoms with van der Waals surface area (Å²) < 4.78 is 26.7. The van der Waals surface area contributed by atoms with Gasteiger partial charge in [-0.1, -0.05) is 12.1 Å². The number of fused-ring (bicyclic) bond motifs is 1. The smallest absolute Gasteiger partial charge is 0.172 e. The molecule has 0 unspecified atom stereocenters. The fraction of sp³-hybridized carbons (Fsp3) is 0.188. The molecular formula is C16H12F2N2O. The van der Waals surface area contributed by atoms with Crippen LogP contribution in [0.3, 0.4) is 0 Å². The Hall–Kier alpha value is -2.43. The van der Waals surface area contributed by atoms with Crippen molar-refractivity contribution in [2.24, 2.45) is 4.99 Å². The molecule has 1 aromatic heterocycles. The Morgan fingerprint density at radius 1 is 1.10 bits per heavy atom. The number of carbonyl (C=O) groups is 1. The third-order valence-corrected chi connectivity index (χ3v) is 3.43. The first-order valence-electron chi connectivity index (χ1n) is 6.62. The molecule has 5 heteroatoms. The van der Waals surface area contributed by atoms with Gasteiger partial charge < -0.3 is 0 Å². The van der Waals surface area contributed by atoms with Gasteiger partial charge >= 0.3 is 0 Å². The highest BCUT2D eigenvalue weighted by Crippen LogP contribution is 2.24. The molecular weight excluding hydrogens is 274 g/mol. The lowest BCUT2D eigenvalue weighted by atomic mass is 9.98. The summed E-state index contributed by atoms with van der Waals surface area (Å²) in [6.07, 6.45) is 2.49. The van der Waals surface area contributed by atoms with Crippen LogP contribution in [0.25, 0.3) is 0 Å². The first-order chi connectivity index (χ1) is 10.1. The van der Waals surface area contributed by atoms with Crippen molar-refractivity contribution in [2.75, 3.05) is 0 Å². The molecule has 1 aliphatic rings. The number of hydrogen-bond donors (Lipinski definition) is 0. The van der Waals surface area contributed by atoms with Crippen LogP contribution in [-0.4, -0.2) is 16.5 Å². The van der Waals surface area contributed by atoms with Crippen LogP contribution in [0.2, 0.25) is 0 Å². The van der Waals surface area contributed by atoms with Crippen LogP contribution < -0.4 is 0 Å². The van der Waals surface area contributed by atoms with Crippen LogP contribution in [0, 0.1) is 11.6 Å². The lowest BCUT2D eigenvalue weighted by Gasteiger charge is -2.13. The minimum Gasteiger partial charge on any atom is -0.294 e. The number of aliphatic imine (C=N–C) groups is 1. The molecule has 0 radical (unpaired) electrons. The van der Waals surface area contributed by atoms with Gasteiger partial charge in [0.15, 0.2) is 23.2 Å². The number of aryl methyl sites for hydroxylation is 1. The molecule has 2 heterocycles. The van der Waals surface area contributed by atoms with Gasteiger partial charge in [0.1, 0.15) is 0 Å². The third kappa shape index (κ3) is 2.72. The molecule has 0 saturated carbocycles. The molecule has 0 spiro atoms. The number of Topliss-reactive ketones (excluding diaryl/α,β-unsaturated/α-hetero) is 1. The highest BCUT2D eigenvalue weighted by Gasteiger charge is 2.20. The second kappa shape index (κ2) is 5.52. The molecule has 0 saturated heterocycles. The van der Waals surface area contributed by atoms with Crippen LogP contribution in [0.4, 0.5) is 14.6 Å². The first-order valence-corrected chi connectivity index (χ1v) is 6.62. The lowest BCUT2D eigenvalue weighted by Crippen LogP contribution is -2.15. The van der Waals surface area contributed by atoms with Crippen molar-refractivity contribution in [1.82, 2.24) is 4.98 Å². The van der Waals surface area contributed by atoms with E-state index in [9.17, 15) is 13.6 Å². The van der Waals surface area contributed by atoms with Crippen molar-refractivity contribution < 1.29 is 13.6 Å². The number of pyridine rings is 1. The van der Waals surface area contributed by atoms with E-state index in [1.165, 1.54) is 12.1 Å². The summed E-state index contributed by atoms with van der Waals surface area (Å²) in [6.45, 7) is 0. The van der Waals surface area contributed by atoms with E-state index in [2.05, 4.69) is 9.98 Å². The predicted octanol–water partition coefficient (Wildman–Crippen LogP) is 3.65. The number of carbonyl (C=O) groups excluding carboxylic acids is 1. The molecule has 3 rings (SSSR count). The fourth-order valence-electron chi connectivity index (χ4n) is 2.34. The molecule has 0 fully saturated rings. The van der Waals surface area contributed by atoms with Gasteiger partial charge in [-0.2, -0.15) is 0 Å². The minimum absolute atomic E-state index is 0.0391. The fourth-order valence-corrected chi connectivity index (χ4v) is 2.34. The molecule has 1 aromatic carbocycles. The maximum atomic E-state index is 13.6. The van der Waals surface area contributed by atoms with Crippen molar-refractivity contribution in [3.05, 3.63) is 59.3 Å². The van der Waals surface area contributed by atoms with Crippen LogP contribution in [0.15, 0.2) is 41.5 Å². The Morgan fingerprint density at radius 3 is 2.81 bits per heavy atom. The number of halogens is 2. The standard InChI is InChI=1S/C16H12F2N2O/c17-13-5-1-3-10(15(13)18)6-7-11-9-14(21)12-4-2-8-19-16(12)20-11/h1-5,8H,6-7,9H2. The molecule has 0 bridgehead atoms. The van der Waals surface area contributed by atoms with Gasteiger partial charge in [0.2, 0.25) is 0 Å². The number of hydrogen-bond acceptors (Lipinski definition) is 3. The normalized spacial score (nSPS) is 13.8. The average Bonchev–Trinajstić information content (AvgIpc) is 2.49. The number of ketones is 1. The third-order valence-electron chi connectivity index (χ3n) is 3.43. The van der Waals surface area contributed by atoms with Crippen molar-refractivity contribution in [1.29, 1.82) is 0 Å². The van der Waals surface area contributed by atoms with Gasteiger partial charge in [-0.05, 0) is 36.6 Å².